The maximum absolute atomic E-state index is 13.1. The molecule has 1 N–H and O–H groups in total. The SMILES string of the molecule is CCOc1cc(CNCc2cccc(F)c2)ccc1OCC(F)(F)F. The van der Waals surface area contributed by atoms with E-state index in [1.165, 1.54) is 18.2 Å². The topological polar surface area (TPSA) is 30.5 Å². The Labute approximate surface area is 143 Å². The third kappa shape index (κ3) is 6.62. The zero-order valence-corrected chi connectivity index (χ0v) is 13.7. The highest BCUT2D eigenvalue weighted by Crippen LogP contribution is 2.30. The molecule has 0 fully saturated rings. The molecule has 0 unspecified atom stereocenters. The molecule has 0 heterocycles. The molecule has 0 amide bonds. The summed E-state index contributed by atoms with van der Waals surface area (Å²) in [6, 6.07) is 11.0. The van der Waals surface area contributed by atoms with Gasteiger partial charge in [-0.25, -0.2) is 4.39 Å². The van der Waals surface area contributed by atoms with Crippen LogP contribution in [-0.2, 0) is 13.1 Å². The van der Waals surface area contributed by atoms with Crippen molar-refractivity contribution in [3.05, 3.63) is 59.4 Å². The maximum Gasteiger partial charge on any atom is 0.422 e. The van der Waals surface area contributed by atoms with Crippen LogP contribution in [0.5, 0.6) is 11.5 Å². The van der Waals surface area contributed by atoms with E-state index in [4.69, 9.17) is 9.47 Å². The second kappa shape index (κ2) is 8.71. The molecule has 3 nitrogen and oxygen atoms in total. The monoisotopic (exact) mass is 357 g/mol. The fourth-order valence-corrected chi connectivity index (χ4v) is 2.21. The van der Waals surface area contributed by atoms with Crippen LogP contribution in [0.3, 0.4) is 0 Å². The Hall–Kier alpha value is -2.28. The quantitative estimate of drug-likeness (QED) is 0.708. The molecule has 2 rings (SSSR count). The van der Waals surface area contributed by atoms with E-state index >= 15 is 0 Å². The highest BCUT2D eigenvalue weighted by Gasteiger charge is 2.29. The highest BCUT2D eigenvalue weighted by molar-refractivity contribution is 5.43. The van der Waals surface area contributed by atoms with Crippen LogP contribution in [0.25, 0.3) is 0 Å². The zero-order chi connectivity index (χ0) is 18.3. The summed E-state index contributed by atoms with van der Waals surface area (Å²) in [4.78, 5) is 0. The number of hydrogen-bond donors (Lipinski definition) is 1. The number of rotatable bonds is 8. The van der Waals surface area contributed by atoms with Crippen LogP contribution in [0.1, 0.15) is 18.1 Å². The zero-order valence-electron chi connectivity index (χ0n) is 13.7. The first-order valence-electron chi connectivity index (χ1n) is 7.78. The van der Waals surface area contributed by atoms with Crippen LogP contribution in [0.2, 0.25) is 0 Å². The van der Waals surface area contributed by atoms with Gasteiger partial charge in [-0.05, 0) is 42.3 Å². The lowest BCUT2D eigenvalue weighted by Gasteiger charge is -2.15. The number of ether oxygens (including phenoxy) is 2. The fraction of sp³-hybridized carbons (Fsp3) is 0.333. The molecule has 0 aliphatic heterocycles. The molecule has 2 aromatic carbocycles. The van der Waals surface area contributed by atoms with Gasteiger partial charge >= 0.3 is 6.18 Å². The molecule has 0 aliphatic carbocycles. The summed E-state index contributed by atoms with van der Waals surface area (Å²) in [5.74, 6) is 0.00830. The largest absolute Gasteiger partial charge is 0.490 e. The molecule has 0 atom stereocenters. The highest BCUT2D eigenvalue weighted by atomic mass is 19.4. The second-order valence-electron chi connectivity index (χ2n) is 5.35. The van der Waals surface area contributed by atoms with Crippen molar-refractivity contribution in [3.63, 3.8) is 0 Å². The summed E-state index contributed by atoms with van der Waals surface area (Å²) in [5, 5.41) is 3.15. The van der Waals surface area contributed by atoms with Gasteiger partial charge in [0.25, 0.3) is 0 Å². The Kier molecular flexibility index (Phi) is 6.64. The van der Waals surface area contributed by atoms with E-state index in [2.05, 4.69) is 5.32 Å². The Bertz CT molecular complexity index is 689. The molecular formula is C18H19F4NO2. The first-order chi connectivity index (χ1) is 11.9. The normalized spacial score (nSPS) is 11.4. The minimum atomic E-state index is -4.41. The predicted octanol–water partition coefficient (Wildman–Crippen LogP) is 4.46. The van der Waals surface area contributed by atoms with Gasteiger partial charge in [0.2, 0.25) is 0 Å². The summed E-state index contributed by atoms with van der Waals surface area (Å²) in [6.45, 7) is 1.60. The van der Waals surface area contributed by atoms with Gasteiger partial charge in [0.15, 0.2) is 18.1 Å². The molecule has 7 heteroatoms. The van der Waals surface area contributed by atoms with Crippen molar-refractivity contribution in [2.75, 3.05) is 13.2 Å². The van der Waals surface area contributed by atoms with Gasteiger partial charge in [-0.3, -0.25) is 0 Å². The lowest BCUT2D eigenvalue weighted by Crippen LogP contribution is -2.19. The van der Waals surface area contributed by atoms with Gasteiger partial charge in [0.1, 0.15) is 5.82 Å². The minimum absolute atomic E-state index is 0.0491. The lowest BCUT2D eigenvalue weighted by atomic mass is 10.2. The molecule has 0 saturated carbocycles. The molecule has 136 valence electrons. The van der Waals surface area contributed by atoms with Gasteiger partial charge < -0.3 is 14.8 Å². The smallest absolute Gasteiger partial charge is 0.422 e. The number of nitrogens with one attached hydrogen (secondary N) is 1. The van der Waals surface area contributed by atoms with Crippen LogP contribution < -0.4 is 14.8 Å². The fourth-order valence-electron chi connectivity index (χ4n) is 2.21. The molecule has 0 aliphatic rings. The van der Waals surface area contributed by atoms with Crippen LogP contribution in [0, 0.1) is 5.82 Å². The van der Waals surface area contributed by atoms with E-state index in [9.17, 15) is 17.6 Å². The molecular weight excluding hydrogens is 338 g/mol. The van der Waals surface area contributed by atoms with E-state index in [0.29, 0.717) is 19.7 Å². The van der Waals surface area contributed by atoms with E-state index in [-0.39, 0.29) is 17.3 Å². The Balaban J connectivity index is 1.97. The first kappa shape index (κ1) is 19.1. The van der Waals surface area contributed by atoms with Crippen LogP contribution in [-0.4, -0.2) is 19.4 Å². The van der Waals surface area contributed by atoms with E-state index in [0.717, 1.165) is 11.1 Å². The van der Waals surface area contributed by atoms with Gasteiger partial charge in [0.05, 0.1) is 6.61 Å². The average Bonchev–Trinajstić information content (AvgIpc) is 2.54. The van der Waals surface area contributed by atoms with Crippen molar-refractivity contribution in [2.45, 2.75) is 26.2 Å². The molecule has 0 radical (unpaired) electrons. The summed E-state index contributed by atoms with van der Waals surface area (Å²) in [6.07, 6.45) is -4.41. The van der Waals surface area contributed by atoms with Crippen LogP contribution in [0.15, 0.2) is 42.5 Å². The third-order valence-electron chi connectivity index (χ3n) is 3.25. The summed E-state index contributed by atoms with van der Waals surface area (Å²) >= 11 is 0. The summed E-state index contributed by atoms with van der Waals surface area (Å²) < 4.78 is 60.1. The first-order valence-corrected chi connectivity index (χ1v) is 7.78. The van der Waals surface area contributed by atoms with Gasteiger partial charge in [-0.1, -0.05) is 18.2 Å². The Morgan fingerprint density at radius 1 is 0.920 bits per heavy atom. The van der Waals surface area contributed by atoms with Gasteiger partial charge in [-0.15, -0.1) is 0 Å². The van der Waals surface area contributed by atoms with Crippen LogP contribution in [0.4, 0.5) is 17.6 Å². The Morgan fingerprint density at radius 2 is 1.64 bits per heavy atom. The van der Waals surface area contributed by atoms with E-state index in [1.807, 2.05) is 0 Å². The van der Waals surface area contributed by atoms with Gasteiger partial charge in [0, 0.05) is 13.1 Å². The third-order valence-corrected chi connectivity index (χ3v) is 3.25. The second-order valence-corrected chi connectivity index (χ2v) is 5.35. The van der Waals surface area contributed by atoms with Crippen molar-refractivity contribution >= 4 is 0 Å². The molecule has 25 heavy (non-hydrogen) atoms. The van der Waals surface area contributed by atoms with Crippen LogP contribution >= 0.6 is 0 Å². The standard InChI is InChI=1S/C18H19F4NO2/c1-2-24-17-9-14(6-7-16(17)25-12-18(20,21)22)11-23-10-13-4-3-5-15(19)8-13/h3-9,23H,2,10-12H2,1H3. The molecule has 0 spiro atoms. The number of alkyl halides is 3. The van der Waals surface area contributed by atoms with E-state index < -0.39 is 12.8 Å². The van der Waals surface area contributed by atoms with E-state index in [1.54, 1.807) is 31.2 Å². The number of hydrogen-bond acceptors (Lipinski definition) is 3. The summed E-state index contributed by atoms with van der Waals surface area (Å²) in [7, 11) is 0. The van der Waals surface area contributed by atoms with Gasteiger partial charge in [-0.2, -0.15) is 13.2 Å². The molecule has 2 aromatic rings. The molecule has 0 bridgehead atoms. The predicted molar refractivity (Wildman–Crippen MR) is 86.1 cm³/mol. The van der Waals surface area contributed by atoms with Crippen molar-refractivity contribution in [2.24, 2.45) is 0 Å². The minimum Gasteiger partial charge on any atom is -0.490 e. The number of halogens is 4. The van der Waals surface area contributed by atoms with Crippen molar-refractivity contribution in [1.29, 1.82) is 0 Å². The molecule has 0 saturated heterocycles. The van der Waals surface area contributed by atoms with Crippen molar-refractivity contribution in [1.82, 2.24) is 5.32 Å². The maximum atomic E-state index is 13.1. The number of benzene rings is 2. The Morgan fingerprint density at radius 3 is 2.28 bits per heavy atom. The van der Waals surface area contributed by atoms with Crippen molar-refractivity contribution < 1.29 is 27.0 Å². The lowest BCUT2D eigenvalue weighted by molar-refractivity contribution is -0.153. The van der Waals surface area contributed by atoms with Crippen molar-refractivity contribution in [3.8, 4) is 11.5 Å². The molecule has 0 aromatic heterocycles. The summed E-state index contributed by atoms with van der Waals surface area (Å²) in [5.41, 5.74) is 1.62. The average molecular weight is 357 g/mol.